The molecule has 0 bridgehead atoms. The van der Waals surface area contributed by atoms with Gasteiger partial charge in [-0.05, 0) is 43.5 Å². The Morgan fingerprint density at radius 3 is 2.63 bits per heavy atom. The largest absolute Gasteiger partial charge is 0.370 e. The Morgan fingerprint density at radius 1 is 1.09 bits per heavy atom. The lowest BCUT2D eigenvalue weighted by Gasteiger charge is -2.17. The van der Waals surface area contributed by atoms with Gasteiger partial charge in [0, 0.05) is 41.9 Å². The van der Waals surface area contributed by atoms with Crippen LogP contribution in [0.5, 0.6) is 0 Å². The van der Waals surface area contributed by atoms with Crippen LogP contribution >= 0.6 is 0 Å². The average molecular weight is 472 g/mol. The normalized spacial score (nSPS) is 13.9. The number of aromatic nitrogens is 5. The highest BCUT2D eigenvalue weighted by atomic mass is 16.5. The van der Waals surface area contributed by atoms with Crippen LogP contribution in [0, 0.1) is 6.92 Å². The fourth-order valence-corrected chi connectivity index (χ4v) is 4.10. The SMILES string of the molecule is Cc1ccc(C(=O)Nc2cc(C(C)(C)C)on2)cc1-n1cc(-c2cncc(N3CCCC3)c2)nn1. The summed E-state index contributed by atoms with van der Waals surface area (Å²) < 4.78 is 7.06. The zero-order valence-electron chi connectivity index (χ0n) is 20.4. The van der Waals surface area contributed by atoms with Gasteiger partial charge in [-0.25, -0.2) is 4.68 Å². The molecular weight excluding hydrogens is 442 g/mol. The molecular formula is C26H29N7O2. The lowest BCUT2D eigenvalue weighted by molar-refractivity contribution is 0.102. The van der Waals surface area contributed by atoms with Crippen molar-refractivity contribution in [1.82, 2.24) is 25.1 Å². The van der Waals surface area contributed by atoms with Crippen molar-refractivity contribution in [3.05, 3.63) is 65.8 Å². The summed E-state index contributed by atoms with van der Waals surface area (Å²) in [4.78, 5) is 19.7. The maximum atomic E-state index is 12.9. The summed E-state index contributed by atoms with van der Waals surface area (Å²) >= 11 is 0. The van der Waals surface area contributed by atoms with E-state index in [0.29, 0.717) is 17.1 Å². The van der Waals surface area contributed by atoms with Gasteiger partial charge in [0.15, 0.2) is 5.82 Å². The van der Waals surface area contributed by atoms with Crippen LogP contribution in [0.4, 0.5) is 11.5 Å². The first-order chi connectivity index (χ1) is 16.8. The molecule has 9 heteroatoms. The molecule has 0 spiro atoms. The molecule has 0 atom stereocenters. The van der Waals surface area contributed by atoms with Crippen molar-refractivity contribution in [3.63, 3.8) is 0 Å². The summed E-state index contributed by atoms with van der Waals surface area (Å²) in [6, 6.07) is 9.33. The lowest BCUT2D eigenvalue weighted by Crippen LogP contribution is -2.17. The molecule has 3 aromatic heterocycles. The molecule has 1 aromatic carbocycles. The van der Waals surface area contributed by atoms with E-state index >= 15 is 0 Å². The molecule has 5 rings (SSSR count). The first-order valence-corrected chi connectivity index (χ1v) is 11.8. The highest BCUT2D eigenvalue weighted by Crippen LogP contribution is 2.27. The third-order valence-electron chi connectivity index (χ3n) is 6.19. The Labute approximate surface area is 204 Å². The van der Waals surface area contributed by atoms with Gasteiger partial charge >= 0.3 is 0 Å². The summed E-state index contributed by atoms with van der Waals surface area (Å²) in [5.74, 6) is 0.814. The average Bonchev–Trinajstić information content (AvgIpc) is 3.61. The van der Waals surface area contributed by atoms with Crippen LogP contribution in [0.25, 0.3) is 16.9 Å². The summed E-state index contributed by atoms with van der Waals surface area (Å²) in [6.45, 7) is 10.2. The van der Waals surface area contributed by atoms with Crippen molar-refractivity contribution in [2.45, 2.75) is 46.0 Å². The van der Waals surface area contributed by atoms with E-state index in [9.17, 15) is 4.79 Å². The highest BCUT2D eigenvalue weighted by Gasteiger charge is 2.21. The summed E-state index contributed by atoms with van der Waals surface area (Å²) in [6.07, 6.45) is 7.97. The van der Waals surface area contributed by atoms with E-state index in [1.807, 2.05) is 46.2 Å². The molecule has 0 saturated carbocycles. The molecule has 4 aromatic rings. The molecule has 1 aliphatic rings. The van der Waals surface area contributed by atoms with E-state index in [-0.39, 0.29) is 11.3 Å². The standard InChI is InChI=1S/C26H29N7O2/c1-17-7-8-18(25(34)28-24-13-23(35-30-24)26(2,3)4)12-22(17)33-16-21(29-31-33)19-11-20(15-27-14-19)32-9-5-6-10-32/h7-8,11-16H,5-6,9-10H2,1-4H3,(H,28,30,34). The van der Waals surface area contributed by atoms with Crippen molar-refractivity contribution < 1.29 is 9.32 Å². The van der Waals surface area contributed by atoms with Crippen molar-refractivity contribution in [1.29, 1.82) is 0 Å². The first-order valence-electron chi connectivity index (χ1n) is 11.8. The molecule has 0 radical (unpaired) electrons. The van der Waals surface area contributed by atoms with E-state index < -0.39 is 0 Å². The fraction of sp³-hybridized carbons (Fsp3) is 0.346. The summed E-state index contributed by atoms with van der Waals surface area (Å²) in [5.41, 5.74) is 4.78. The minimum Gasteiger partial charge on any atom is -0.370 e. The Bertz CT molecular complexity index is 1360. The van der Waals surface area contributed by atoms with Crippen molar-refractivity contribution in [3.8, 4) is 16.9 Å². The van der Waals surface area contributed by atoms with Crippen molar-refractivity contribution >= 4 is 17.4 Å². The smallest absolute Gasteiger partial charge is 0.256 e. The molecule has 35 heavy (non-hydrogen) atoms. The van der Waals surface area contributed by atoms with Gasteiger partial charge in [-0.3, -0.25) is 9.78 Å². The van der Waals surface area contributed by atoms with Gasteiger partial charge in [0.1, 0.15) is 11.5 Å². The van der Waals surface area contributed by atoms with Crippen LogP contribution in [-0.4, -0.2) is 44.1 Å². The summed E-state index contributed by atoms with van der Waals surface area (Å²) in [5, 5.41) is 15.5. The maximum absolute atomic E-state index is 12.9. The molecule has 9 nitrogen and oxygen atoms in total. The Balaban J connectivity index is 1.37. The second-order valence-electron chi connectivity index (χ2n) is 9.96. The first kappa shape index (κ1) is 22.8. The quantitative estimate of drug-likeness (QED) is 0.447. The summed E-state index contributed by atoms with van der Waals surface area (Å²) in [7, 11) is 0. The van der Waals surface area contributed by atoms with E-state index in [2.05, 4.69) is 36.7 Å². The number of pyridine rings is 1. The number of hydrogen-bond donors (Lipinski definition) is 1. The molecule has 1 fully saturated rings. The van der Waals surface area contributed by atoms with Gasteiger partial charge in [-0.15, -0.1) is 5.10 Å². The van der Waals surface area contributed by atoms with Gasteiger partial charge in [0.05, 0.1) is 23.8 Å². The molecule has 1 N–H and O–H groups in total. The number of nitrogens with zero attached hydrogens (tertiary/aromatic N) is 6. The lowest BCUT2D eigenvalue weighted by atomic mass is 9.93. The number of amides is 1. The molecule has 4 heterocycles. The molecule has 1 amide bonds. The van der Waals surface area contributed by atoms with Crippen LogP contribution in [0.1, 0.15) is 55.3 Å². The third-order valence-corrected chi connectivity index (χ3v) is 6.19. The number of nitrogens with one attached hydrogen (secondary N) is 1. The number of rotatable bonds is 5. The van der Waals surface area contributed by atoms with Crippen LogP contribution < -0.4 is 10.2 Å². The Morgan fingerprint density at radius 2 is 1.89 bits per heavy atom. The predicted molar refractivity (Wildman–Crippen MR) is 134 cm³/mol. The van der Waals surface area contributed by atoms with Crippen molar-refractivity contribution in [2.24, 2.45) is 0 Å². The van der Waals surface area contributed by atoms with Gasteiger partial charge in [0.2, 0.25) is 0 Å². The topological polar surface area (TPSA) is 102 Å². The van der Waals surface area contributed by atoms with E-state index in [1.165, 1.54) is 12.8 Å². The number of hydrogen-bond acceptors (Lipinski definition) is 7. The minimum atomic E-state index is -0.275. The number of carbonyl (C=O) groups excluding carboxylic acids is 1. The van der Waals surface area contributed by atoms with Crippen LogP contribution in [-0.2, 0) is 5.41 Å². The molecule has 1 aliphatic heterocycles. The molecule has 180 valence electrons. The van der Waals surface area contributed by atoms with Gasteiger partial charge in [-0.1, -0.05) is 37.2 Å². The minimum absolute atomic E-state index is 0.193. The highest BCUT2D eigenvalue weighted by molar-refractivity contribution is 6.04. The Hall–Kier alpha value is -4.01. The van der Waals surface area contributed by atoms with E-state index in [4.69, 9.17) is 4.52 Å². The van der Waals surface area contributed by atoms with E-state index in [1.54, 1.807) is 29.1 Å². The second kappa shape index (κ2) is 8.98. The predicted octanol–water partition coefficient (Wildman–Crippen LogP) is 4.78. The number of benzene rings is 1. The molecule has 1 saturated heterocycles. The van der Waals surface area contributed by atoms with Crippen LogP contribution in [0.3, 0.4) is 0 Å². The van der Waals surface area contributed by atoms with Crippen LogP contribution in [0.2, 0.25) is 0 Å². The second-order valence-corrected chi connectivity index (χ2v) is 9.96. The van der Waals surface area contributed by atoms with Gasteiger partial charge < -0.3 is 14.7 Å². The fourth-order valence-electron chi connectivity index (χ4n) is 4.10. The van der Waals surface area contributed by atoms with Gasteiger partial charge in [0.25, 0.3) is 5.91 Å². The van der Waals surface area contributed by atoms with Crippen molar-refractivity contribution in [2.75, 3.05) is 23.3 Å². The zero-order chi connectivity index (χ0) is 24.6. The molecule has 0 aliphatic carbocycles. The Kier molecular flexibility index (Phi) is 5.84. The number of carbonyl (C=O) groups is 1. The zero-order valence-corrected chi connectivity index (χ0v) is 20.4. The van der Waals surface area contributed by atoms with E-state index in [0.717, 1.165) is 41.3 Å². The monoisotopic (exact) mass is 471 g/mol. The third kappa shape index (κ3) is 4.80. The maximum Gasteiger partial charge on any atom is 0.256 e. The van der Waals surface area contributed by atoms with Crippen LogP contribution in [0.15, 0.2) is 53.4 Å². The molecule has 0 unspecified atom stereocenters. The van der Waals surface area contributed by atoms with Gasteiger partial charge in [-0.2, -0.15) is 0 Å². The number of aryl methyl sites for hydroxylation is 1. The number of anilines is 2.